The van der Waals surface area contributed by atoms with Crippen molar-refractivity contribution in [3.63, 3.8) is 0 Å². The van der Waals surface area contributed by atoms with Gasteiger partial charge < -0.3 is 14.4 Å². The van der Waals surface area contributed by atoms with Crippen LogP contribution in [0.1, 0.15) is 18.4 Å². The van der Waals surface area contributed by atoms with Crippen LogP contribution < -0.4 is 0 Å². The molecule has 2 aromatic rings. The standard InChI is InChI=1S/C25H28N2O5/c1-26(16-21-17-31-12-13-32-21)22(28)14-25(15-23(29)27(2)24(25)30)20-10-8-19(9-11-20)18-6-4-3-5-7-18/h3-11,21H,12-17H2,1-2H3/t21-,25-/m0/s1. The fourth-order valence-electron chi connectivity index (χ4n) is 4.41. The van der Waals surface area contributed by atoms with E-state index in [-0.39, 0.29) is 36.7 Å². The number of amides is 3. The smallest absolute Gasteiger partial charge is 0.240 e. The Hall–Kier alpha value is -3.03. The maximum atomic E-state index is 13.2. The van der Waals surface area contributed by atoms with Gasteiger partial charge in [-0.1, -0.05) is 54.6 Å². The van der Waals surface area contributed by atoms with E-state index in [1.807, 2.05) is 54.6 Å². The lowest BCUT2D eigenvalue weighted by molar-refractivity contribution is -0.143. The van der Waals surface area contributed by atoms with Crippen molar-refractivity contribution in [1.29, 1.82) is 0 Å². The molecule has 2 aliphatic heterocycles. The van der Waals surface area contributed by atoms with E-state index in [2.05, 4.69) is 0 Å². The SMILES string of the molecule is CN(C[C@H]1COCCO1)C(=O)C[C@@]1(c2ccc(-c3ccccc3)cc2)CC(=O)N(C)C1=O. The van der Waals surface area contributed by atoms with Crippen LogP contribution in [-0.2, 0) is 29.3 Å². The lowest BCUT2D eigenvalue weighted by Gasteiger charge is -2.31. The van der Waals surface area contributed by atoms with Crippen molar-refractivity contribution < 1.29 is 23.9 Å². The van der Waals surface area contributed by atoms with E-state index in [1.54, 1.807) is 11.9 Å². The number of hydrogen-bond donors (Lipinski definition) is 0. The Morgan fingerprint density at radius 3 is 2.34 bits per heavy atom. The molecule has 2 fully saturated rings. The molecule has 2 saturated heterocycles. The van der Waals surface area contributed by atoms with E-state index in [9.17, 15) is 14.4 Å². The summed E-state index contributed by atoms with van der Waals surface area (Å²) >= 11 is 0. The number of hydrogen-bond acceptors (Lipinski definition) is 5. The highest BCUT2D eigenvalue weighted by Gasteiger charge is 2.52. The molecule has 0 saturated carbocycles. The first-order valence-electron chi connectivity index (χ1n) is 10.8. The quantitative estimate of drug-likeness (QED) is 0.650. The van der Waals surface area contributed by atoms with Gasteiger partial charge >= 0.3 is 0 Å². The van der Waals surface area contributed by atoms with Gasteiger partial charge in [0.25, 0.3) is 0 Å². The maximum absolute atomic E-state index is 13.2. The zero-order chi connectivity index (χ0) is 22.7. The second-order valence-electron chi connectivity index (χ2n) is 8.48. The molecule has 0 unspecified atom stereocenters. The molecule has 4 rings (SSSR count). The number of ether oxygens (including phenoxy) is 2. The Morgan fingerprint density at radius 2 is 1.75 bits per heavy atom. The molecule has 2 aromatic carbocycles. The van der Waals surface area contributed by atoms with E-state index in [0.717, 1.165) is 16.0 Å². The molecule has 0 N–H and O–H groups in total. The summed E-state index contributed by atoms with van der Waals surface area (Å²) in [5.74, 6) is -0.821. The number of likely N-dealkylation sites (N-methyl/N-ethyl adjacent to an activating group) is 2. The molecule has 0 spiro atoms. The number of imide groups is 1. The van der Waals surface area contributed by atoms with Gasteiger partial charge in [0.2, 0.25) is 17.7 Å². The minimum absolute atomic E-state index is 0.0182. The Balaban J connectivity index is 1.58. The van der Waals surface area contributed by atoms with Gasteiger partial charge in [0.15, 0.2) is 0 Å². The topological polar surface area (TPSA) is 76.2 Å². The molecule has 2 atom stereocenters. The van der Waals surface area contributed by atoms with Gasteiger partial charge in [0.05, 0.1) is 31.3 Å². The first kappa shape index (κ1) is 22.2. The van der Waals surface area contributed by atoms with Gasteiger partial charge in [-0.3, -0.25) is 19.3 Å². The van der Waals surface area contributed by atoms with Gasteiger partial charge in [-0.25, -0.2) is 0 Å². The third-order valence-corrected chi connectivity index (χ3v) is 6.33. The molecule has 0 aliphatic carbocycles. The average Bonchev–Trinajstić information content (AvgIpc) is 3.04. The highest BCUT2D eigenvalue weighted by atomic mass is 16.6. The summed E-state index contributed by atoms with van der Waals surface area (Å²) in [6.07, 6.45) is -0.283. The van der Waals surface area contributed by atoms with Gasteiger partial charge in [-0.15, -0.1) is 0 Å². The summed E-state index contributed by atoms with van der Waals surface area (Å²) < 4.78 is 11.1. The Labute approximate surface area is 187 Å². The molecule has 7 heteroatoms. The summed E-state index contributed by atoms with van der Waals surface area (Å²) in [6.45, 7) is 1.87. The maximum Gasteiger partial charge on any atom is 0.240 e. The van der Waals surface area contributed by atoms with Crippen LogP contribution in [0.4, 0.5) is 0 Å². The molecule has 7 nitrogen and oxygen atoms in total. The van der Waals surface area contributed by atoms with Gasteiger partial charge in [-0.2, -0.15) is 0 Å². The molecular weight excluding hydrogens is 408 g/mol. The minimum Gasteiger partial charge on any atom is -0.376 e. The van der Waals surface area contributed by atoms with Crippen LogP contribution in [0.2, 0.25) is 0 Å². The lowest BCUT2D eigenvalue weighted by Crippen LogP contribution is -2.45. The highest BCUT2D eigenvalue weighted by Crippen LogP contribution is 2.40. The van der Waals surface area contributed by atoms with E-state index >= 15 is 0 Å². The molecule has 0 radical (unpaired) electrons. The Bertz CT molecular complexity index is 985. The van der Waals surface area contributed by atoms with Crippen LogP contribution in [0.3, 0.4) is 0 Å². The molecule has 3 amide bonds. The van der Waals surface area contributed by atoms with Crippen molar-refractivity contribution in [2.45, 2.75) is 24.4 Å². The van der Waals surface area contributed by atoms with Crippen molar-refractivity contribution >= 4 is 17.7 Å². The zero-order valence-electron chi connectivity index (χ0n) is 18.5. The molecule has 0 aromatic heterocycles. The van der Waals surface area contributed by atoms with Gasteiger partial charge in [0, 0.05) is 33.5 Å². The third kappa shape index (κ3) is 4.31. The number of carbonyl (C=O) groups is 3. The van der Waals surface area contributed by atoms with Crippen LogP contribution in [0.25, 0.3) is 11.1 Å². The van der Waals surface area contributed by atoms with Crippen molar-refractivity contribution in [2.24, 2.45) is 0 Å². The van der Waals surface area contributed by atoms with E-state index in [4.69, 9.17) is 9.47 Å². The van der Waals surface area contributed by atoms with Gasteiger partial charge in [-0.05, 0) is 16.7 Å². The van der Waals surface area contributed by atoms with E-state index < -0.39 is 5.41 Å². The predicted octanol–water partition coefficient (Wildman–Crippen LogP) is 2.24. The predicted molar refractivity (Wildman–Crippen MR) is 119 cm³/mol. The monoisotopic (exact) mass is 436 g/mol. The Morgan fingerprint density at radius 1 is 1.06 bits per heavy atom. The van der Waals surface area contributed by atoms with Crippen LogP contribution in [0, 0.1) is 0 Å². The fraction of sp³-hybridized carbons (Fsp3) is 0.400. The third-order valence-electron chi connectivity index (χ3n) is 6.33. The van der Waals surface area contributed by atoms with Crippen molar-refractivity contribution in [1.82, 2.24) is 9.80 Å². The van der Waals surface area contributed by atoms with Crippen LogP contribution >= 0.6 is 0 Å². The van der Waals surface area contributed by atoms with Crippen molar-refractivity contribution in [3.05, 3.63) is 60.2 Å². The summed E-state index contributed by atoms with van der Waals surface area (Å²) in [7, 11) is 3.17. The highest BCUT2D eigenvalue weighted by molar-refractivity contribution is 6.10. The summed E-state index contributed by atoms with van der Waals surface area (Å²) in [4.78, 5) is 41.6. The number of nitrogens with zero attached hydrogens (tertiary/aromatic N) is 2. The first-order chi connectivity index (χ1) is 15.4. The summed E-state index contributed by atoms with van der Waals surface area (Å²) in [5.41, 5.74) is 1.55. The van der Waals surface area contributed by atoms with Crippen LogP contribution in [0.15, 0.2) is 54.6 Å². The van der Waals surface area contributed by atoms with E-state index in [0.29, 0.717) is 31.9 Å². The molecule has 0 bridgehead atoms. The summed E-state index contributed by atoms with van der Waals surface area (Å²) in [6, 6.07) is 17.5. The summed E-state index contributed by atoms with van der Waals surface area (Å²) in [5, 5.41) is 0. The van der Waals surface area contributed by atoms with E-state index in [1.165, 1.54) is 7.05 Å². The zero-order valence-corrected chi connectivity index (χ0v) is 18.5. The number of rotatable bonds is 6. The van der Waals surface area contributed by atoms with Crippen LogP contribution in [0.5, 0.6) is 0 Å². The molecule has 2 heterocycles. The molecule has 32 heavy (non-hydrogen) atoms. The Kier molecular flexibility index (Phi) is 6.39. The first-order valence-corrected chi connectivity index (χ1v) is 10.8. The number of benzene rings is 2. The second kappa shape index (κ2) is 9.22. The normalized spacial score (nSPS) is 23.4. The second-order valence-corrected chi connectivity index (χ2v) is 8.48. The van der Waals surface area contributed by atoms with Crippen molar-refractivity contribution in [2.75, 3.05) is 40.5 Å². The minimum atomic E-state index is -1.20. The number of carbonyl (C=O) groups excluding carboxylic acids is 3. The molecular formula is C25H28N2O5. The van der Waals surface area contributed by atoms with Crippen LogP contribution in [-0.4, -0.2) is 74.1 Å². The fourth-order valence-corrected chi connectivity index (χ4v) is 4.41. The van der Waals surface area contributed by atoms with Crippen molar-refractivity contribution in [3.8, 4) is 11.1 Å². The number of likely N-dealkylation sites (tertiary alicyclic amines) is 1. The lowest BCUT2D eigenvalue weighted by atomic mass is 9.75. The van der Waals surface area contributed by atoms with Gasteiger partial charge in [0.1, 0.15) is 0 Å². The average molecular weight is 437 g/mol. The molecule has 168 valence electrons. The molecule has 2 aliphatic rings. The largest absolute Gasteiger partial charge is 0.376 e.